The largest absolute Gasteiger partial charge is 0.383 e. The zero-order chi connectivity index (χ0) is 15.3. The van der Waals surface area contributed by atoms with Crippen LogP contribution in [0.4, 0.5) is 17.5 Å². The summed E-state index contributed by atoms with van der Waals surface area (Å²) in [5.74, 6) is 0.793. The minimum atomic E-state index is -0.471. The van der Waals surface area contributed by atoms with Crippen molar-refractivity contribution >= 4 is 17.5 Å². The van der Waals surface area contributed by atoms with Crippen molar-refractivity contribution in [3.8, 4) is 0 Å². The summed E-state index contributed by atoms with van der Waals surface area (Å²) in [5.41, 5.74) is 0.211. The molecule has 0 bridgehead atoms. The van der Waals surface area contributed by atoms with Gasteiger partial charge in [-0.3, -0.25) is 10.1 Å². The van der Waals surface area contributed by atoms with Gasteiger partial charge >= 0.3 is 5.69 Å². The third-order valence-electron chi connectivity index (χ3n) is 2.94. The van der Waals surface area contributed by atoms with E-state index in [1.165, 1.54) is 0 Å². The first-order chi connectivity index (χ1) is 9.40. The molecule has 112 valence electrons. The normalized spacial score (nSPS) is 12.3. The van der Waals surface area contributed by atoms with Crippen molar-refractivity contribution < 1.29 is 9.66 Å². The summed E-state index contributed by atoms with van der Waals surface area (Å²) in [5, 5.41) is 17.1. The molecular formula is C12H21N5O3. The smallest absolute Gasteiger partial charge is 0.332 e. The van der Waals surface area contributed by atoms with E-state index in [0.29, 0.717) is 18.2 Å². The zero-order valence-corrected chi connectivity index (χ0v) is 12.4. The van der Waals surface area contributed by atoms with Gasteiger partial charge in [0.05, 0.1) is 17.6 Å². The molecule has 20 heavy (non-hydrogen) atoms. The molecule has 1 aromatic heterocycles. The van der Waals surface area contributed by atoms with Crippen molar-refractivity contribution in [2.75, 3.05) is 31.4 Å². The van der Waals surface area contributed by atoms with Crippen LogP contribution < -0.4 is 10.6 Å². The average molecular weight is 283 g/mol. The second-order valence-corrected chi connectivity index (χ2v) is 4.79. The summed E-state index contributed by atoms with van der Waals surface area (Å²) >= 11 is 0. The molecule has 1 unspecified atom stereocenters. The Morgan fingerprint density at radius 1 is 1.40 bits per heavy atom. The number of rotatable bonds is 7. The molecule has 0 aliphatic rings. The van der Waals surface area contributed by atoms with E-state index < -0.39 is 4.92 Å². The van der Waals surface area contributed by atoms with Crippen LogP contribution in [0.2, 0.25) is 0 Å². The van der Waals surface area contributed by atoms with Crippen LogP contribution >= 0.6 is 0 Å². The number of nitrogens with zero attached hydrogens (tertiary/aromatic N) is 3. The van der Waals surface area contributed by atoms with Crippen LogP contribution in [-0.2, 0) is 4.74 Å². The monoisotopic (exact) mass is 283 g/mol. The number of aryl methyl sites for hydroxylation is 1. The Morgan fingerprint density at radius 3 is 2.50 bits per heavy atom. The highest BCUT2D eigenvalue weighted by molar-refractivity contribution is 5.61. The van der Waals surface area contributed by atoms with E-state index in [1.54, 1.807) is 21.1 Å². The van der Waals surface area contributed by atoms with E-state index in [4.69, 9.17) is 4.74 Å². The van der Waals surface area contributed by atoms with Crippen LogP contribution in [-0.4, -0.2) is 41.7 Å². The van der Waals surface area contributed by atoms with Gasteiger partial charge in [-0.05, 0) is 12.8 Å². The van der Waals surface area contributed by atoms with E-state index in [9.17, 15) is 10.1 Å². The number of hydrogen-bond donors (Lipinski definition) is 2. The number of aromatic nitrogens is 2. The molecule has 1 rings (SSSR count). The van der Waals surface area contributed by atoms with Crippen LogP contribution in [0.25, 0.3) is 0 Å². The van der Waals surface area contributed by atoms with Crippen molar-refractivity contribution in [2.24, 2.45) is 5.92 Å². The first-order valence-electron chi connectivity index (χ1n) is 6.37. The summed E-state index contributed by atoms with van der Waals surface area (Å²) in [6.07, 6.45) is 0. The Morgan fingerprint density at radius 2 is 2.05 bits per heavy atom. The Hall–Kier alpha value is -1.96. The number of hydrogen-bond acceptors (Lipinski definition) is 7. The van der Waals surface area contributed by atoms with Gasteiger partial charge in [0.25, 0.3) is 0 Å². The third kappa shape index (κ3) is 3.77. The van der Waals surface area contributed by atoms with Crippen molar-refractivity contribution in [1.82, 2.24) is 9.97 Å². The van der Waals surface area contributed by atoms with Crippen molar-refractivity contribution in [2.45, 2.75) is 26.8 Å². The summed E-state index contributed by atoms with van der Waals surface area (Å²) in [6.45, 7) is 6.05. The van der Waals surface area contributed by atoms with Crippen LogP contribution in [0, 0.1) is 23.0 Å². The summed E-state index contributed by atoms with van der Waals surface area (Å²) < 4.78 is 5.13. The van der Waals surface area contributed by atoms with Crippen molar-refractivity contribution in [3.05, 3.63) is 15.8 Å². The highest BCUT2D eigenvalue weighted by atomic mass is 16.6. The highest BCUT2D eigenvalue weighted by Gasteiger charge is 2.25. The molecule has 0 radical (unpaired) electrons. The van der Waals surface area contributed by atoms with Crippen LogP contribution in [0.1, 0.15) is 19.5 Å². The lowest BCUT2D eigenvalue weighted by molar-refractivity contribution is -0.385. The molecule has 0 spiro atoms. The van der Waals surface area contributed by atoms with Crippen LogP contribution in [0.15, 0.2) is 0 Å². The standard InChI is InChI=1S/C12H21N5O3/c1-7(2)9(6-20-5)15-11-10(17(18)19)8(3)14-12(13-4)16-11/h7,9H,6H2,1-5H3,(H2,13,14,15,16). The Balaban J connectivity index is 3.19. The lowest BCUT2D eigenvalue weighted by Gasteiger charge is -2.22. The van der Waals surface area contributed by atoms with E-state index in [2.05, 4.69) is 20.6 Å². The molecule has 1 aromatic rings. The maximum absolute atomic E-state index is 11.2. The molecule has 0 saturated heterocycles. The number of ether oxygens (including phenoxy) is 1. The first-order valence-corrected chi connectivity index (χ1v) is 6.37. The average Bonchev–Trinajstić information content (AvgIpc) is 2.36. The third-order valence-corrected chi connectivity index (χ3v) is 2.94. The van der Waals surface area contributed by atoms with Crippen LogP contribution in [0.5, 0.6) is 0 Å². The molecule has 1 heterocycles. The summed E-state index contributed by atoms with van der Waals surface area (Å²) in [7, 11) is 3.26. The minimum Gasteiger partial charge on any atom is -0.383 e. The Labute approximate surface area is 118 Å². The van der Waals surface area contributed by atoms with Crippen molar-refractivity contribution in [3.63, 3.8) is 0 Å². The molecule has 0 saturated carbocycles. The first kappa shape index (κ1) is 16.1. The van der Waals surface area contributed by atoms with Gasteiger partial charge in [0.15, 0.2) is 0 Å². The molecule has 0 aromatic carbocycles. The lowest BCUT2D eigenvalue weighted by atomic mass is 10.1. The summed E-state index contributed by atoms with van der Waals surface area (Å²) in [4.78, 5) is 18.9. The number of nitrogens with one attached hydrogen (secondary N) is 2. The molecule has 8 nitrogen and oxygen atoms in total. The molecule has 0 aliphatic heterocycles. The zero-order valence-electron chi connectivity index (χ0n) is 12.4. The predicted molar refractivity (Wildman–Crippen MR) is 77.1 cm³/mol. The molecule has 1 atom stereocenters. The Kier molecular flexibility index (Phi) is 5.63. The maximum Gasteiger partial charge on any atom is 0.332 e. The fourth-order valence-electron chi connectivity index (χ4n) is 1.75. The van der Waals surface area contributed by atoms with Gasteiger partial charge in [0, 0.05) is 14.2 Å². The minimum absolute atomic E-state index is 0.0716. The van der Waals surface area contributed by atoms with Gasteiger partial charge in [-0.15, -0.1) is 0 Å². The van der Waals surface area contributed by atoms with E-state index >= 15 is 0 Å². The Bertz CT molecular complexity index is 478. The topological polar surface area (TPSA) is 102 Å². The maximum atomic E-state index is 11.2. The molecule has 0 amide bonds. The molecular weight excluding hydrogens is 262 g/mol. The van der Waals surface area contributed by atoms with Gasteiger partial charge < -0.3 is 15.4 Å². The molecule has 2 N–H and O–H groups in total. The van der Waals surface area contributed by atoms with Gasteiger partial charge in [0.2, 0.25) is 11.8 Å². The fraction of sp³-hybridized carbons (Fsp3) is 0.667. The predicted octanol–water partition coefficient (Wildman–Crippen LogP) is 1.82. The molecule has 0 fully saturated rings. The van der Waals surface area contributed by atoms with Gasteiger partial charge in [0.1, 0.15) is 5.69 Å². The molecule has 0 aliphatic carbocycles. The van der Waals surface area contributed by atoms with E-state index in [0.717, 1.165) is 0 Å². The number of anilines is 2. The lowest BCUT2D eigenvalue weighted by Crippen LogP contribution is -2.31. The van der Waals surface area contributed by atoms with Crippen LogP contribution in [0.3, 0.4) is 0 Å². The van der Waals surface area contributed by atoms with E-state index in [1.807, 2.05) is 13.8 Å². The highest BCUT2D eigenvalue weighted by Crippen LogP contribution is 2.27. The second-order valence-electron chi connectivity index (χ2n) is 4.79. The van der Waals surface area contributed by atoms with Gasteiger partial charge in [-0.25, -0.2) is 4.98 Å². The SMILES string of the molecule is CNc1nc(C)c([N+](=O)[O-])c(NC(COC)C(C)C)n1. The van der Waals surface area contributed by atoms with Gasteiger partial charge in [-0.1, -0.05) is 13.8 Å². The van der Waals surface area contributed by atoms with Gasteiger partial charge in [-0.2, -0.15) is 4.98 Å². The van der Waals surface area contributed by atoms with Crippen molar-refractivity contribution in [1.29, 1.82) is 0 Å². The summed E-state index contributed by atoms with van der Waals surface area (Å²) in [6, 6.07) is -0.0716. The van der Waals surface area contributed by atoms with E-state index in [-0.39, 0.29) is 23.5 Å². The molecule has 8 heteroatoms. The fourth-order valence-corrected chi connectivity index (χ4v) is 1.75. The number of nitro groups is 1. The second kappa shape index (κ2) is 6.99. The quantitative estimate of drug-likeness (QED) is 0.581. The number of methoxy groups -OCH3 is 1.